The molecule has 33 heavy (non-hydrogen) atoms. The first-order chi connectivity index (χ1) is 15.5. The Hall–Kier alpha value is -1.32. The van der Waals surface area contributed by atoms with E-state index >= 15 is 0 Å². The third kappa shape index (κ3) is 7.33. The number of carbonyl (C=O) groups is 1. The number of amides is 1. The van der Waals surface area contributed by atoms with Crippen molar-refractivity contribution in [3.63, 3.8) is 0 Å². The van der Waals surface area contributed by atoms with Gasteiger partial charge in [-0.15, -0.1) is 0 Å². The van der Waals surface area contributed by atoms with Crippen LogP contribution in [0.1, 0.15) is 63.1 Å². The third-order valence-corrected chi connectivity index (χ3v) is 9.95. The molecule has 1 unspecified atom stereocenters. The molecule has 1 saturated carbocycles. The number of hydrogen-bond acceptors (Lipinski definition) is 6. The normalized spacial score (nSPS) is 23.0. The lowest BCUT2D eigenvalue weighted by Gasteiger charge is -2.38. The summed E-state index contributed by atoms with van der Waals surface area (Å²) in [6.07, 6.45) is 3.35. The first kappa shape index (κ1) is 26.3. The summed E-state index contributed by atoms with van der Waals surface area (Å²) in [5.74, 6) is 1.11. The third-order valence-electron chi connectivity index (χ3n) is 6.06. The average Bonchev–Trinajstić information content (AvgIpc) is 2.74. The summed E-state index contributed by atoms with van der Waals surface area (Å²) < 4.78 is 41.4. The molecule has 0 bridgehead atoms. The summed E-state index contributed by atoms with van der Waals surface area (Å²) in [6.45, 7) is 9.37. The Kier molecular flexibility index (Phi) is 8.72. The molecular weight excluding hydrogens is 510 g/mol. The topological polar surface area (TPSA) is 82.1 Å². The van der Waals surface area contributed by atoms with Crippen molar-refractivity contribution < 1.29 is 27.4 Å². The quantitative estimate of drug-likeness (QED) is 0.423. The zero-order valence-electron chi connectivity index (χ0n) is 20.0. The first-order valence-electron chi connectivity index (χ1n) is 11.7. The number of rotatable bonds is 8. The van der Waals surface area contributed by atoms with Gasteiger partial charge in [-0.25, -0.2) is 13.2 Å². The van der Waals surface area contributed by atoms with Crippen LogP contribution in [-0.2, 0) is 19.3 Å². The number of benzene rings is 1. The van der Waals surface area contributed by atoms with Crippen molar-refractivity contribution in [2.45, 2.75) is 75.3 Å². The molecule has 2 fully saturated rings. The second-order valence-electron chi connectivity index (χ2n) is 9.88. The molecule has 1 atom stereocenters. The number of likely N-dealkylation sites (tertiary alicyclic amines) is 1. The molecule has 7 nitrogen and oxygen atoms in total. The molecule has 1 aromatic carbocycles. The predicted molar refractivity (Wildman–Crippen MR) is 131 cm³/mol. The number of nitrogens with zero attached hydrogens (tertiary/aromatic N) is 1. The molecule has 0 N–H and O–H groups in total. The first-order valence-corrected chi connectivity index (χ1v) is 14.3. The van der Waals surface area contributed by atoms with Crippen LogP contribution in [0.3, 0.4) is 0 Å². The van der Waals surface area contributed by atoms with Crippen LogP contribution >= 0.6 is 15.9 Å². The summed E-state index contributed by atoms with van der Waals surface area (Å²) in [4.78, 5) is 14.0. The van der Waals surface area contributed by atoms with Crippen molar-refractivity contribution in [1.29, 1.82) is 0 Å². The van der Waals surface area contributed by atoms with Gasteiger partial charge in [0.25, 0.3) is 0 Å². The van der Waals surface area contributed by atoms with Crippen LogP contribution in [0, 0.1) is 5.92 Å². The molecule has 0 radical (unpaired) electrons. The fraction of sp³-hybridized carbons (Fsp3) is 0.708. The number of piperidine rings is 1. The number of carbonyl (C=O) groups excluding carboxylic acids is 1. The Morgan fingerprint density at radius 3 is 2.39 bits per heavy atom. The molecule has 0 spiro atoms. The molecule has 2 aliphatic rings. The van der Waals surface area contributed by atoms with Crippen molar-refractivity contribution in [1.82, 2.24) is 4.90 Å². The highest BCUT2D eigenvalue weighted by molar-refractivity contribution is 9.10. The van der Waals surface area contributed by atoms with Crippen molar-refractivity contribution in [2.24, 2.45) is 5.92 Å². The lowest BCUT2D eigenvalue weighted by Crippen LogP contribution is -2.44. The highest BCUT2D eigenvalue weighted by atomic mass is 79.9. The largest absolute Gasteiger partial charge is 0.490 e. The van der Waals surface area contributed by atoms with Gasteiger partial charge in [-0.05, 0) is 45.6 Å². The number of ether oxygens (including phenoxy) is 3. The standard InChI is InChI=1S/C24H36BrNO6S/c1-5-33(28,29)22(25)20-8-6-7-9-21(20)31-19-14-18(15-19)30-16-17-10-12-26(13-11-17)23(27)32-24(2,3)4/h6-9,17-19,22H,5,10-16H2,1-4H3. The maximum atomic E-state index is 12.3. The molecule has 9 heteroatoms. The molecule has 186 valence electrons. The summed E-state index contributed by atoms with van der Waals surface area (Å²) in [7, 11) is -3.27. The van der Waals surface area contributed by atoms with Gasteiger partial charge in [-0.3, -0.25) is 0 Å². The number of hydrogen-bond donors (Lipinski definition) is 0. The van der Waals surface area contributed by atoms with E-state index < -0.39 is 19.6 Å². The number of alkyl halides is 1. The van der Waals surface area contributed by atoms with E-state index in [4.69, 9.17) is 14.2 Å². The molecule has 0 aromatic heterocycles. The van der Waals surface area contributed by atoms with Gasteiger partial charge in [0.15, 0.2) is 9.84 Å². The van der Waals surface area contributed by atoms with Crippen LogP contribution < -0.4 is 4.74 Å². The monoisotopic (exact) mass is 545 g/mol. The zero-order valence-corrected chi connectivity index (χ0v) is 22.4. The Morgan fingerprint density at radius 1 is 1.15 bits per heavy atom. The van der Waals surface area contributed by atoms with Crippen LogP contribution in [0.15, 0.2) is 24.3 Å². The van der Waals surface area contributed by atoms with Crippen molar-refractivity contribution >= 4 is 31.9 Å². The molecule has 1 saturated heterocycles. The molecule has 1 aromatic rings. The Morgan fingerprint density at radius 2 is 1.79 bits per heavy atom. The average molecular weight is 547 g/mol. The van der Waals surface area contributed by atoms with E-state index in [1.165, 1.54) is 0 Å². The summed E-state index contributed by atoms with van der Waals surface area (Å²) in [5, 5.41) is 0. The van der Waals surface area contributed by atoms with Crippen LogP contribution in [-0.4, -0.2) is 62.7 Å². The minimum atomic E-state index is -3.27. The Balaban J connectivity index is 1.39. The van der Waals surface area contributed by atoms with Gasteiger partial charge in [0.1, 0.15) is 21.6 Å². The van der Waals surface area contributed by atoms with E-state index in [1.807, 2.05) is 39.0 Å². The van der Waals surface area contributed by atoms with E-state index in [-0.39, 0.29) is 24.1 Å². The fourth-order valence-electron chi connectivity index (χ4n) is 3.93. The van der Waals surface area contributed by atoms with Gasteiger partial charge in [-0.2, -0.15) is 0 Å². The zero-order chi connectivity index (χ0) is 24.2. The highest BCUT2D eigenvalue weighted by Gasteiger charge is 2.35. The fourth-order valence-corrected chi connectivity index (χ4v) is 5.97. The van der Waals surface area contributed by atoms with Crippen molar-refractivity contribution in [2.75, 3.05) is 25.4 Å². The van der Waals surface area contributed by atoms with Gasteiger partial charge in [-0.1, -0.05) is 41.1 Å². The van der Waals surface area contributed by atoms with Crippen LogP contribution in [0.25, 0.3) is 0 Å². The van der Waals surface area contributed by atoms with Crippen molar-refractivity contribution in [3.8, 4) is 5.75 Å². The summed E-state index contributed by atoms with van der Waals surface area (Å²) >= 11 is 3.33. The van der Waals surface area contributed by atoms with Crippen LogP contribution in [0.5, 0.6) is 5.75 Å². The molecule has 1 aliphatic heterocycles. The summed E-state index contributed by atoms with van der Waals surface area (Å²) in [6, 6.07) is 7.29. The smallest absolute Gasteiger partial charge is 0.410 e. The number of para-hydroxylation sites is 1. The molecule has 1 amide bonds. The lowest BCUT2D eigenvalue weighted by atomic mass is 9.91. The van der Waals surface area contributed by atoms with Gasteiger partial charge in [0, 0.05) is 43.9 Å². The van der Waals surface area contributed by atoms with Gasteiger partial charge < -0.3 is 19.1 Å². The summed E-state index contributed by atoms with van der Waals surface area (Å²) in [5.41, 5.74) is 0.167. The second-order valence-corrected chi connectivity index (χ2v) is 13.8. The SMILES string of the molecule is CCS(=O)(=O)C(Br)c1ccccc1OC1CC(OCC2CCN(C(=O)OC(C)(C)C)CC2)C1. The maximum absolute atomic E-state index is 12.3. The lowest BCUT2D eigenvalue weighted by molar-refractivity contribution is -0.0764. The van der Waals surface area contributed by atoms with Crippen molar-refractivity contribution in [3.05, 3.63) is 29.8 Å². The molecular formula is C24H36BrNO6S. The van der Waals surface area contributed by atoms with E-state index in [9.17, 15) is 13.2 Å². The molecule has 3 rings (SSSR count). The number of halogens is 1. The highest BCUT2D eigenvalue weighted by Crippen LogP contribution is 2.38. The van der Waals surface area contributed by atoms with E-state index in [0.29, 0.717) is 36.9 Å². The minimum Gasteiger partial charge on any atom is -0.490 e. The van der Waals surface area contributed by atoms with Crippen LogP contribution in [0.2, 0.25) is 0 Å². The van der Waals surface area contributed by atoms with E-state index in [0.717, 1.165) is 25.7 Å². The predicted octanol–water partition coefficient (Wildman–Crippen LogP) is 5.09. The molecule has 1 aliphatic carbocycles. The van der Waals surface area contributed by atoms with Gasteiger partial charge >= 0.3 is 6.09 Å². The van der Waals surface area contributed by atoms with E-state index in [1.54, 1.807) is 17.9 Å². The molecule has 1 heterocycles. The van der Waals surface area contributed by atoms with Crippen LogP contribution in [0.4, 0.5) is 4.79 Å². The Labute approximate surface area is 206 Å². The van der Waals surface area contributed by atoms with Gasteiger partial charge in [0.05, 0.1) is 6.10 Å². The Bertz CT molecular complexity index is 902. The number of sulfone groups is 1. The second kappa shape index (κ2) is 11.0. The van der Waals surface area contributed by atoms with Gasteiger partial charge in [0.2, 0.25) is 0 Å². The van der Waals surface area contributed by atoms with E-state index in [2.05, 4.69) is 15.9 Å². The maximum Gasteiger partial charge on any atom is 0.410 e. The minimum absolute atomic E-state index is 0.0224.